The van der Waals surface area contributed by atoms with E-state index in [1.807, 2.05) is 43.0 Å². The Labute approximate surface area is 160 Å². The van der Waals surface area contributed by atoms with Crippen molar-refractivity contribution in [3.05, 3.63) is 65.2 Å². The van der Waals surface area contributed by atoms with Crippen molar-refractivity contribution in [2.75, 3.05) is 25.0 Å². The van der Waals surface area contributed by atoms with E-state index >= 15 is 0 Å². The summed E-state index contributed by atoms with van der Waals surface area (Å²) in [5.74, 6) is 0.239. The molecule has 0 aliphatic carbocycles. The summed E-state index contributed by atoms with van der Waals surface area (Å²) >= 11 is 0. The minimum Gasteiger partial charge on any atom is -0.352 e. The summed E-state index contributed by atoms with van der Waals surface area (Å²) in [7, 11) is 0. The van der Waals surface area contributed by atoms with E-state index < -0.39 is 0 Å². The monoisotopic (exact) mass is 365 g/mol. The van der Waals surface area contributed by atoms with Crippen LogP contribution < -0.4 is 10.6 Å². The summed E-state index contributed by atoms with van der Waals surface area (Å²) in [5, 5.41) is 5.78. The van der Waals surface area contributed by atoms with Gasteiger partial charge in [0.2, 0.25) is 0 Å². The van der Waals surface area contributed by atoms with Gasteiger partial charge in [0.15, 0.2) is 0 Å². The van der Waals surface area contributed by atoms with Gasteiger partial charge in [0, 0.05) is 36.8 Å². The molecule has 0 aromatic heterocycles. The summed E-state index contributed by atoms with van der Waals surface area (Å²) in [6.45, 7) is 5.85. The number of rotatable bonds is 4. The summed E-state index contributed by atoms with van der Waals surface area (Å²) < 4.78 is 0. The summed E-state index contributed by atoms with van der Waals surface area (Å²) in [4.78, 5) is 26.8. The minimum absolute atomic E-state index is 0.105. The average Bonchev–Trinajstić information content (AvgIpc) is 2.70. The topological polar surface area (TPSA) is 61.4 Å². The van der Waals surface area contributed by atoms with Crippen molar-refractivity contribution in [2.24, 2.45) is 0 Å². The molecule has 1 aliphatic heterocycles. The maximum Gasteiger partial charge on any atom is 0.321 e. The first-order valence-electron chi connectivity index (χ1n) is 9.58. The van der Waals surface area contributed by atoms with Gasteiger partial charge in [0.05, 0.1) is 0 Å². The molecule has 0 spiro atoms. The number of hydrogen-bond donors (Lipinski definition) is 2. The fourth-order valence-electron chi connectivity index (χ4n) is 3.51. The first kappa shape index (κ1) is 19.0. The molecule has 2 aromatic carbocycles. The van der Waals surface area contributed by atoms with Crippen molar-refractivity contribution in [1.29, 1.82) is 0 Å². The number of amides is 3. The Kier molecular flexibility index (Phi) is 6.12. The lowest BCUT2D eigenvalue weighted by molar-refractivity contribution is 0.0956. The number of nitrogens with one attached hydrogen (secondary N) is 2. The van der Waals surface area contributed by atoms with Crippen molar-refractivity contribution in [3.63, 3.8) is 0 Å². The molecule has 1 fully saturated rings. The van der Waals surface area contributed by atoms with Gasteiger partial charge in [-0.2, -0.15) is 0 Å². The van der Waals surface area contributed by atoms with Crippen molar-refractivity contribution in [2.45, 2.75) is 32.6 Å². The average molecular weight is 365 g/mol. The molecule has 2 aromatic rings. The Morgan fingerprint density at radius 1 is 1.15 bits per heavy atom. The molecule has 3 rings (SSSR count). The molecule has 1 atom stereocenters. The first-order chi connectivity index (χ1) is 13.1. The highest BCUT2D eigenvalue weighted by Crippen LogP contribution is 2.27. The van der Waals surface area contributed by atoms with Gasteiger partial charge >= 0.3 is 6.03 Å². The number of carbonyl (C=O) groups excluding carboxylic acids is 2. The van der Waals surface area contributed by atoms with Gasteiger partial charge in [0.25, 0.3) is 5.91 Å². The van der Waals surface area contributed by atoms with E-state index in [0.717, 1.165) is 24.9 Å². The van der Waals surface area contributed by atoms with Gasteiger partial charge in [0.1, 0.15) is 0 Å². The van der Waals surface area contributed by atoms with E-state index in [0.29, 0.717) is 30.3 Å². The van der Waals surface area contributed by atoms with Crippen LogP contribution in [0.5, 0.6) is 0 Å². The molecule has 2 N–H and O–H groups in total. The Balaban J connectivity index is 1.69. The predicted molar refractivity (Wildman–Crippen MR) is 108 cm³/mol. The first-order valence-corrected chi connectivity index (χ1v) is 9.58. The third-order valence-electron chi connectivity index (χ3n) is 5.06. The van der Waals surface area contributed by atoms with Crippen LogP contribution in [0.15, 0.2) is 48.5 Å². The van der Waals surface area contributed by atoms with Crippen LogP contribution in [0.25, 0.3) is 0 Å². The van der Waals surface area contributed by atoms with Crippen molar-refractivity contribution in [1.82, 2.24) is 10.2 Å². The Hall–Kier alpha value is -2.82. The number of aryl methyl sites for hydroxylation is 1. The standard InChI is InChI=1S/C22H27N3O2/c1-3-23-21(26)18-12-11-16(2)20(14-18)24-22(27)25-13-7-10-19(15-25)17-8-5-4-6-9-17/h4-6,8-9,11-12,14,19H,3,7,10,13,15H2,1-2H3,(H,23,26)(H,24,27)/t19-/m1/s1. The van der Waals surface area contributed by atoms with Gasteiger partial charge in [-0.3, -0.25) is 4.79 Å². The van der Waals surface area contributed by atoms with Crippen LogP contribution >= 0.6 is 0 Å². The number of hydrogen-bond acceptors (Lipinski definition) is 2. The van der Waals surface area contributed by atoms with Crippen LogP contribution in [0.3, 0.4) is 0 Å². The molecule has 5 heteroatoms. The fraction of sp³-hybridized carbons (Fsp3) is 0.364. The number of urea groups is 1. The number of nitrogens with zero attached hydrogens (tertiary/aromatic N) is 1. The third-order valence-corrected chi connectivity index (χ3v) is 5.06. The zero-order chi connectivity index (χ0) is 19.2. The van der Waals surface area contributed by atoms with E-state index in [4.69, 9.17) is 0 Å². The van der Waals surface area contributed by atoms with Crippen LogP contribution in [0.2, 0.25) is 0 Å². The largest absolute Gasteiger partial charge is 0.352 e. The van der Waals surface area contributed by atoms with Gasteiger partial charge in [-0.15, -0.1) is 0 Å². The second kappa shape index (κ2) is 8.71. The summed E-state index contributed by atoms with van der Waals surface area (Å²) in [5.41, 5.74) is 3.46. The van der Waals surface area contributed by atoms with E-state index in [-0.39, 0.29) is 11.9 Å². The maximum absolute atomic E-state index is 12.8. The highest BCUT2D eigenvalue weighted by Gasteiger charge is 2.25. The van der Waals surface area contributed by atoms with Gasteiger partial charge in [-0.1, -0.05) is 36.4 Å². The number of anilines is 1. The van der Waals surface area contributed by atoms with Crippen molar-refractivity contribution >= 4 is 17.6 Å². The Morgan fingerprint density at radius 2 is 1.93 bits per heavy atom. The second-order valence-corrected chi connectivity index (χ2v) is 7.02. The van der Waals surface area contributed by atoms with Gasteiger partial charge < -0.3 is 15.5 Å². The van der Waals surface area contributed by atoms with E-state index in [9.17, 15) is 9.59 Å². The van der Waals surface area contributed by atoms with Gasteiger partial charge in [-0.05, 0) is 49.9 Å². The van der Waals surface area contributed by atoms with E-state index in [1.165, 1.54) is 5.56 Å². The molecule has 0 unspecified atom stereocenters. The van der Waals surface area contributed by atoms with Crippen molar-refractivity contribution in [3.8, 4) is 0 Å². The molecule has 0 bridgehead atoms. The predicted octanol–water partition coefficient (Wildman–Crippen LogP) is 4.16. The van der Waals surface area contributed by atoms with Crippen LogP contribution in [0, 0.1) is 6.92 Å². The molecule has 142 valence electrons. The number of carbonyl (C=O) groups is 2. The molecule has 27 heavy (non-hydrogen) atoms. The molecule has 5 nitrogen and oxygen atoms in total. The zero-order valence-corrected chi connectivity index (χ0v) is 16.0. The Morgan fingerprint density at radius 3 is 2.67 bits per heavy atom. The normalized spacial score (nSPS) is 16.7. The van der Waals surface area contributed by atoms with Crippen LogP contribution in [0.1, 0.15) is 47.2 Å². The van der Waals surface area contributed by atoms with Gasteiger partial charge in [-0.25, -0.2) is 4.79 Å². The smallest absolute Gasteiger partial charge is 0.321 e. The number of piperidine rings is 1. The summed E-state index contributed by atoms with van der Waals surface area (Å²) in [6.07, 6.45) is 2.09. The number of likely N-dealkylation sites (tertiary alicyclic amines) is 1. The lowest BCUT2D eigenvalue weighted by Crippen LogP contribution is -2.41. The minimum atomic E-state index is -0.130. The van der Waals surface area contributed by atoms with Crippen molar-refractivity contribution < 1.29 is 9.59 Å². The lowest BCUT2D eigenvalue weighted by atomic mass is 9.91. The van der Waals surface area contributed by atoms with E-state index in [1.54, 1.807) is 12.1 Å². The molecule has 0 saturated carbocycles. The molecule has 3 amide bonds. The summed E-state index contributed by atoms with van der Waals surface area (Å²) in [6, 6.07) is 15.7. The molecule has 1 saturated heterocycles. The molecule has 1 aliphatic rings. The Bertz CT molecular complexity index is 804. The number of benzene rings is 2. The lowest BCUT2D eigenvalue weighted by Gasteiger charge is -2.33. The highest BCUT2D eigenvalue weighted by atomic mass is 16.2. The molecular formula is C22H27N3O2. The third kappa shape index (κ3) is 4.67. The highest BCUT2D eigenvalue weighted by molar-refractivity contribution is 5.97. The zero-order valence-electron chi connectivity index (χ0n) is 16.0. The maximum atomic E-state index is 12.8. The molecule has 0 radical (unpaired) electrons. The van der Waals surface area contributed by atoms with E-state index in [2.05, 4.69) is 22.8 Å². The van der Waals surface area contributed by atoms with Crippen LogP contribution in [-0.2, 0) is 0 Å². The van der Waals surface area contributed by atoms with Crippen LogP contribution in [-0.4, -0.2) is 36.5 Å². The quantitative estimate of drug-likeness (QED) is 0.855. The fourth-order valence-corrected chi connectivity index (χ4v) is 3.51. The van der Waals surface area contributed by atoms with Crippen LogP contribution in [0.4, 0.5) is 10.5 Å². The molecular weight excluding hydrogens is 338 g/mol. The SMILES string of the molecule is CCNC(=O)c1ccc(C)c(NC(=O)N2CCC[C@@H](c3ccccc3)C2)c1. The second-order valence-electron chi connectivity index (χ2n) is 7.02. The molecule has 1 heterocycles.